The Kier molecular flexibility index (Phi) is 7.32. The van der Waals surface area contributed by atoms with Gasteiger partial charge in [0.05, 0.1) is 23.5 Å². The first-order valence-electron chi connectivity index (χ1n) is 11.0. The number of aromatic nitrogens is 5. The van der Waals surface area contributed by atoms with Crippen LogP contribution in [0, 0.1) is 5.41 Å². The Labute approximate surface area is 199 Å². The van der Waals surface area contributed by atoms with Gasteiger partial charge in [-0.2, -0.15) is 5.10 Å². The van der Waals surface area contributed by atoms with Gasteiger partial charge in [-0.1, -0.05) is 11.6 Å². The van der Waals surface area contributed by atoms with Gasteiger partial charge in [0.2, 0.25) is 0 Å². The number of rotatable bonds is 9. The van der Waals surface area contributed by atoms with Gasteiger partial charge in [-0.05, 0) is 36.8 Å². The molecule has 0 aromatic carbocycles. The van der Waals surface area contributed by atoms with E-state index in [0.717, 1.165) is 16.1 Å². The SMILES string of the molecule is CC(c1cncc(Cl)c1)N(F)CC1(CC=O)CCN(c2cnc3cnn(CC(F)F)c3n2)CC1. The van der Waals surface area contributed by atoms with E-state index in [0.29, 0.717) is 53.5 Å². The number of aldehydes is 1. The van der Waals surface area contributed by atoms with Gasteiger partial charge in [0.25, 0.3) is 6.43 Å². The van der Waals surface area contributed by atoms with Gasteiger partial charge in [-0.15, -0.1) is 9.60 Å². The smallest absolute Gasteiger partial charge is 0.258 e. The van der Waals surface area contributed by atoms with E-state index < -0.39 is 24.4 Å². The predicted molar refractivity (Wildman–Crippen MR) is 121 cm³/mol. The van der Waals surface area contributed by atoms with Crippen molar-refractivity contribution in [1.82, 2.24) is 29.9 Å². The predicted octanol–water partition coefficient (Wildman–Crippen LogP) is 4.26. The first kappa shape index (κ1) is 24.3. The van der Waals surface area contributed by atoms with Gasteiger partial charge in [-0.25, -0.2) is 23.4 Å². The second kappa shape index (κ2) is 10.2. The molecule has 1 fully saturated rings. The average Bonchev–Trinajstić information content (AvgIpc) is 3.20. The van der Waals surface area contributed by atoms with Gasteiger partial charge in [0.1, 0.15) is 24.2 Å². The lowest BCUT2D eigenvalue weighted by Crippen LogP contribution is -2.45. The maximum absolute atomic E-state index is 15.2. The fourth-order valence-electron chi connectivity index (χ4n) is 4.35. The van der Waals surface area contributed by atoms with Gasteiger partial charge >= 0.3 is 0 Å². The number of carbonyl (C=O) groups is 1. The molecule has 0 amide bonds. The van der Waals surface area contributed by atoms with Crippen LogP contribution in [0.2, 0.25) is 5.02 Å². The zero-order chi connectivity index (χ0) is 24.3. The van der Waals surface area contributed by atoms with Crippen LogP contribution >= 0.6 is 11.6 Å². The molecule has 3 aromatic rings. The largest absolute Gasteiger partial charge is 0.355 e. The lowest BCUT2D eigenvalue weighted by molar-refractivity contribution is -0.113. The Hall–Kier alpha value is -2.79. The summed E-state index contributed by atoms with van der Waals surface area (Å²) in [5, 5.41) is 5.11. The van der Waals surface area contributed by atoms with Crippen LogP contribution in [0.1, 0.15) is 37.8 Å². The van der Waals surface area contributed by atoms with Crippen LogP contribution in [0.3, 0.4) is 0 Å². The second-order valence-electron chi connectivity index (χ2n) is 8.68. The molecule has 1 atom stereocenters. The monoisotopic (exact) mass is 495 g/mol. The van der Waals surface area contributed by atoms with Crippen molar-refractivity contribution in [2.24, 2.45) is 5.41 Å². The molecule has 1 saturated heterocycles. The van der Waals surface area contributed by atoms with E-state index in [9.17, 15) is 13.6 Å². The van der Waals surface area contributed by atoms with Crippen molar-refractivity contribution in [2.75, 3.05) is 24.5 Å². The Morgan fingerprint density at radius 1 is 1.24 bits per heavy atom. The second-order valence-corrected chi connectivity index (χ2v) is 9.12. The highest BCUT2D eigenvalue weighted by molar-refractivity contribution is 6.30. The Bertz CT molecular complexity index is 1140. The number of piperidine rings is 1. The van der Waals surface area contributed by atoms with E-state index in [1.165, 1.54) is 12.4 Å². The Morgan fingerprint density at radius 3 is 2.68 bits per heavy atom. The lowest BCUT2D eigenvalue weighted by atomic mass is 9.75. The van der Waals surface area contributed by atoms with Crippen molar-refractivity contribution < 1.29 is 18.1 Å². The van der Waals surface area contributed by atoms with Crippen LogP contribution in [0.4, 0.5) is 19.1 Å². The molecule has 1 aliphatic heterocycles. The molecule has 0 radical (unpaired) electrons. The van der Waals surface area contributed by atoms with Crippen LogP contribution in [0.15, 0.2) is 30.9 Å². The van der Waals surface area contributed by atoms with Gasteiger partial charge in [0, 0.05) is 38.4 Å². The minimum absolute atomic E-state index is 0.0825. The summed E-state index contributed by atoms with van der Waals surface area (Å²) < 4.78 is 42.0. The number of hydrogen-bond acceptors (Lipinski definition) is 7. The molecule has 1 unspecified atom stereocenters. The van der Waals surface area contributed by atoms with Gasteiger partial charge in [0.15, 0.2) is 5.65 Å². The van der Waals surface area contributed by atoms with Crippen LogP contribution < -0.4 is 4.90 Å². The standard InChI is InChI=1S/C22H25ClF3N7O/c1-15(16-8-17(23)10-27-9-16)32(26)14-22(4-7-34)2-5-31(6-3-22)20-12-28-18-11-29-33(13-19(24)25)21(18)30-20/h7-12,15,19H,2-6,13-14H2,1H3. The molecule has 0 saturated carbocycles. The van der Waals surface area contributed by atoms with E-state index in [2.05, 4.69) is 20.1 Å². The van der Waals surface area contributed by atoms with E-state index in [4.69, 9.17) is 11.6 Å². The average molecular weight is 496 g/mol. The summed E-state index contributed by atoms with van der Waals surface area (Å²) >= 11 is 5.99. The summed E-state index contributed by atoms with van der Waals surface area (Å²) in [7, 11) is 0. The van der Waals surface area contributed by atoms with Crippen molar-refractivity contribution in [2.45, 2.75) is 45.2 Å². The third kappa shape index (κ3) is 5.30. The molecular formula is C22H25ClF3N7O. The molecule has 12 heteroatoms. The highest BCUT2D eigenvalue weighted by Gasteiger charge is 2.38. The van der Waals surface area contributed by atoms with Crippen LogP contribution in [-0.4, -0.2) is 62.2 Å². The Morgan fingerprint density at radius 2 is 2.00 bits per heavy atom. The molecule has 0 N–H and O–H groups in total. The van der Waals surface area contributed by atoms with Crippen molar-refractivity contribution in [3.63, 3.8) is 0 Å². The van der Waals surface area contributed by atoms with E-state index in [1.54, 1.807) is 25.4 Å². The molecule has 0 bridgehead atoms. The molecule has 4 heterocycles. The molecule has 182 valence electrons. The van der Waals surface area contributed by atoms with Gasteiger partial charge < -0.3 is 9.69 Å². The molecule has 8 nitrogen and oxygen atoms in total. The van der Waals surface area contributed by atoms with Crippen molar-refractivity contribution >= 4 is 34.9 Å². The zero-order valence-electron chi connectivity index (χ0n) is 18.6. The third-order valence-corrected chi connectivity index (χ3v) is 6.63. The van der Waals surface area contributed by atoms with Crippen molar-refractivity contribution in [3.05, 3.63) is 41.4 Å². The summed E-state index contributed by atoms with van der Waals surface area (Å²) in [6.07, 6.45) is 5.69. The molecule has 1 aliphatic rings. The first-order chi connectivity index (χ1) is 16.3. The molecule has 0 spiro atoms. The van der Waals surface area contributed by atoms with Gasteiger partial charge in [-0.3, -0.25) is 4.98 Å². The fraction of sp³-hybridized carbons (Fsp3) is 0.500. The summed E-state index contributed by atoms with van der Waals surface area (Å²) in [6, 6.07) is 1.10. The topological polar surface area (TPSA) is 80.0 Å². The number of nitrogens with zero attached hydrogens (tertiary/aromatic N) is 7. The number of alkyl halides is 2. The number of carbonyl (C=O) groups excluding carboxylic acids is 1. The minimum Gasteiger partial charge on any atom is -0.355 e. The van der Waals surface area contributed by atoms with E-state index in [1.807, 2.05) is 4.90 Å². The fourth-order valence-corrected chi connectivity index (χ4v) is 4.53. The maximum Gasteiger partial charge on any atom is 0.258 e. The number of pyridine rings is 1. The number of hydrogen-bond donors (Lipinski definition) is 0. The maximum atomic E-state index is 15.2. The Balaban J connectivity index is 1.46. The molecule has 3 aromatic heterocycles. The highest BCUT2D eigenvalue weighted by Crippen LogP contribution is 2.38. The number of anilines is 1. The summed E-state index contributed by atoms with van der Waals surface area (Å²) in [4.78, 5) is 26.3. The molecule has 4 rings (SSSR count). The quantitative estimate of drug-likeness (QED) is 0.324. The van der Waals surface area contributed by atoms with Crippen LogP contribution in [0.5, 0.6) is 0 Å². The summed E-state index contributed by atoms with van der Waals surface area (Å²) in [5.41, 5.74) is 0.843. The summed E-state index contributed by atoms with van der Waals surface area (Å²) in [6.45, 7) is 2.30. The first-order valence-corrected chi connectivity index (χ1v) is 11.4. The van der Waals surface area contributed by atoms with Crippen LogP contribution in [0.25, 0.3) is 11.2 Å². The third-order valence-electron chi connectivity index (χ3n) is 6.42. The molecule has 34 heavy (non-hydrogen) atoms. The van der Waals surface area contributed by atoms with Crippen molar-refractivity contribution in [1.29, 1.82) is 0 Å². The van der Waals surface area contributed by atoms with E-state index >= 15 is 4.48 Å². The minimum atomic E-state index is -2.55. The lowest BCUT2D eigenvalue weighted by Gasteiger charge is -2.43. The summed E-state index contributed by atoms with van der Waals surface area (Å²) in [5.74, 6) is 0.540. The molecule has 0 aliphatic carbocycles. The highest BCUT2D eigenvalue weighted by atomic mass is 35.5. The van der Waals surface area contributed by atoms with Crippen molar-refractivity contribution in [3.8, 4) is 0 Å². The zero-order valence-corrected chi connectivity index (χ0v) is 19.4. The normalized spacial score (nSPS) is 17.0. The number of fused-ring (bicyclic) bond motifs is 1. The number of halogens is 4. The van der Waals surface area contributed by atoms with Crippen LogP contribution in [-0.2, 0) is 11.3 Å². The van der Waals surface area contributed by atoms with E-state index in [-0.39, 0.29) is 13.0 Å². The molecular weight excluding hydrogens is 471 g/mol.